The van der Waals surface area contributed by atoms with Crippen LogP contribution in [0.1, 0.15) is 33.6 Å². The molecule has 0 aliphatic heterocycles. The summed E-state index contributed by atoms with van der Waals surface area (Å²) in [6.07, 6.45) is 5.95. The molecule has 0 aliphatic carbocycles. The molecule has 1 aromatic carbocycles. The third-order valence-corrected chi connectivity index (χ3v) is 3.80. The highest BCUT2D eigenvalue weighted by Gasteiger charge is 2.18. The van der Waals surface area contributed by atoms with Crippen molar-refractivity contribution in [2.45, 2.75) is 33.6 Å². The van der Waals surface area contributed by atoms with E-state index < -0.39 is 5.63 Å². The summed E-state index contributed by atoms with van der Waals surface area (Å²) in [7, 11) is 1.48. The van der Waals surface area contributed by atoms with E-state index >= 15 is 0 Å². The molecule has 0 saturated carbocycles. The number of benzene rings is 1. The minimum absolute atomic E-state index is 0.180. The maximum absolute atomic E-state index is 12.1. The van der Waals surface area contributed by atoms with Crippen LogP contribution in [-0.2, 0) is 0 Å². The third-order valence-electron chi connectivity index (χ3n) is 3.80. The molecule has 0 radical (unpaired) electrons. The summed E-state index contributed by atoms with van der Waals surface area (Å²) in [4.78, 5) is 12.1. The number of hydrogen-bond acceptors (Lipinski definition) is 5. The quantitative estimate of drug-likeness (QED) is 0.588. The molecule has 1 heterocycles. The van der Waals surface area contributed by atoms with Crippen molar-refractivity contribution >= 4 is 11.0 Å². The van der Waals surface area contributed by atoms with Crippen molar-refractivity contribution in [3.05, 3.63) is 51.9 Å². The van der Waals surface area contributed by atoms with E-state index in [0.29, 0.717) is 11.1 Å². The van der Waals surface area contributed by atoms with Crippen molar-refractivity contribution in [2.24, 2.45) is 0 Å². The predicted octanol–water partition coefficient (Wildman–Crippen LogP) is 4.58. The molecule has 2 aromatic rings. The van der Waals surface area contributed by atoms with E-state index in [0.717, 1.165) is 18.4 Å². The fraction of sp³-hybridized carbons (Fsp3) is 0.350. The van der Waals surface area contributed by atoms with Gasteiger partial charge in [-0.05, 0) is 51.8 Å². The largest absolute Gasteiger partial charge is 0.503 e. The summed E-state index contributed by atoms with van der Waals surface area (Å²) in [6.45, 7) is 6.32. The number of methoxy groups -OCH3 is 1. The molecular weight excluding hydrogens is 320 g/mol. The predicted molar refractivity (Wildman–Crippen MR) is 98.6 cm³/mol. The Morgan fingerprint density at radius 2 is 2.00 bits per heavy atom. The number of allylic oxidation sites excluding steroid dienone is 3. The Bertz CT molecular complexity index is 854. The molecule has 0 spiro atoms. The zero-order chi connectivity index (χ0) is 18.4. The average molecular weight is 344 g/mol. The van der Waals surface area contributed by atoms with Crippen LogP contribution in [0.2, 0.25) is 0 Å². The lowest BCUT2D eigenvalue weighted by Crippen LogP contribution is -2.08. The second-order valence-electron chi connectivity index (χ2n) is 6.08. The second kappa shape index (κ2) is 8.42. The van der Waals surface area contributed by atoms with E-state index in [4.69, 9.17) is 13.9 Å². The molecule has 2 rings (SSSR count). The molecule has 5 nitrogen and oxygen atoms in total. The van der Waals surface area contributed by atoms with Crippen molar-refractivity contribution in [3.63, 3.8) is 0 Å². The van der Waals surface area contributed by atoms with Gasteiger partial charge >= 0.3 is 5.63 Å². The fourth-order valence-corrected chi connectivity index (χ4v) is 2.44. The average Bonchev–Trinajstić information content (AvgIpc) is 2.56. The van der Waals surface area contributed by atoms with Crippen LogP contribution in [0.3, 0.4) is 0 Å². The SMILES string of the molecule is COc1cccc2oc(=O)c(OC/C=C(\C)CCC=C(C)C)c(O)c12. The van der Waals surface area contributed by atoms with Crippen LogP contribution in [0.15, 0.2) is 50.7 Å². The minimum atomic E-state index is -0.714. The highest BCUT2D eigenvalue weighted by molar-refractivity contribution is 5.91. The normalized spacial score (nSPS) is 11.4. The summed E-state index contributed by atoms with van der Waals surface area (Å²) in [6, 6.07) is 4.96. The first-order valence-electron chi connectivity index (χ1n) is 8.18. The van der Waals surface area contributed by atoms with Crippen molar-refractivity contribution in [3.8, 4) is 17.2 Å². The molecule has 0 atom stereocenters. The van der Waals surface area contributed by atoms with Crippen molar-refractivity contribution in [2.75, 3.05) is 13.7 Å². The molecule has 0 aliphatic rings. The topological polar surface area (TPSA) is 68.9 Å². The van der Waals surface area contributed by atoms with Gasteiger partial charge in [-0.25, -0.2) is 4.79 Å². The summed E-state index contributed by atoms with van der Waals surface area (Å²) >= 11 is 0. The lowest BCUT2D eigenvalue weighted by molar-refractivity contribution is 0.316. The lowest BCUT2D eigenvalue weighted by atomic mass is 10.1. The van der Waals surface area contributed by atoms with Gasteiger partial charge in [0.2, 0.25) is 5.75 Å². The van der Waals surface area contributed by atoms with Gasteiger partial charge in [0, 0.05) is 0 Å². The van der Waals surface area contributed by atoms with Gasteiger partial charge in [0.25, 0.3) is 0 Å². The number of fused-ring (bicyclic) bond motifs is 1. The van der Waals surface area contributed by atoms with E-state index in [9.17, 15) is 9.90 Å². The zero-order valence-corrected chi connectivity index (χ0v) is 15.1. The number of hydrogen-bond donors (Lipinski definition) is 1. The maximum Gasteiger partial charge on any atom is 0.383 e. The first kappa shape index (κ1) is 18.6. The van der Waals surface area contributed by atoms with Gasteiger partial charge in [0.05, 0.1) is 7.11 Å². The molecule has 1 N–H and O–H groups in total. The van der Waals surface area contributed by atoms with Gasteiger partial charge < -0.3 is 19.0 Å². The minimum Gasteiger partial charge on any atom is -0.503 e. The van der Waals surface area contributed by atoms with Crippen LogP contribution in [0, 0.1) is 0 Å². The van der Waals surface area contributed by atoms with E-state index in [1.165, 1.54) is 12.7 Å². The second-order valence-corrected chi connectivity index (χ2v) is 6.08. The number of ether oxygens (including phenoxy) is 2. The molecule has 0 fully saturated rings. The molecule has 134 valence electrons. The van der Waals surface area contributed by atoms with Gasteiger partial charge in [-0.3, -0.25) is 0 Å². The Labute approximate surface area is 147 Å². The van der Waals surface area contributed by atoms with Crippen LogP contribution >= 0.6 is 0 Å². The van der Waals surface area contributed by atoms with Crippen LogP contribution in [0.5, 0.6) is 17.2 Å². The highest BCUT2D eigenvalue weighted by atomic mass is 16.5. The van der Waals surface area contributed by atoms with Crippen LogP contribution in [0.4, 0.5) is 0 Å². The summed E-state index contributed by atoms with van der Waals surface area (Å²) < 4.78 is 15.9. The Hall–Kier alpha value is -2.69. The smallest absolute Gasteiger partial charge is 0.383 e. The molecule has 0 bridgehead atoms. The summed E-state index contributed by atoms with van der Waals surface area (Å²) in [5.74, 6) is -0.0540. The monoisotopic (exact) mass is 344 g/mol. The van der Waals surface area contributed by atoms with Gasteiger partial charge in [-0.2, -0.15) is 0 Å². The van der Waals surface area contributed by atoms with Crippen LogP contribution in [0.25, 0.3) is 11.0 Å². The Morgan fingerprint density at radius 1 is 1.24 bits per heavy atom. The van der Waals surface area contributed by atoms with E-state index in [1.54, 1.807) is 18.2 Å². The number of rotatable bonds is 7. The fourth-order valence-electron chi connectivity index (χ4n) is 2.44. The standard InChI is InChI=1S/C20H24O5/c1-13(2)7-5-8-14(3)11-12-24-19-18(21)17-15(23-4)9-6-10-16(17)25-20(19)22/h6-7,9-11,21H,5,8,12H2,1-4H3/b14-11+. The molecule has 0 amide bonds. The van der Waals surface area contributed by atoms with Crippen LogP contribution < -0.4 is 15.1 Å². The van der Waals surface area contributed by atoms with E-state index in [2.05, 4.69) is 19.9 Å². The molecule has 0 unspecified atom stereocenters. The summed E-state index contributed by atoms with van der Waals surface area (Å²) in [5, 5.41) is 10.7. The zero-order valence-electron chi connectivity index (χ0n) is 15.1. The molecule has 1 aromatic heterocycles. The summed E-state index contributed by atoms with van der Waals surface area (Å²) in [5.41, 5.74) is 1.98. The van der Waals surface area contributed by atoms with Crippen molar-refractivity contribution < 1.29 is 19.0 Å². The molecule has 0 saturated heterocycles. The van der Waals surface area contributed by atoms with Crippen molar-refractivity contribution in [1.82, 2.24) is 0 Å². The highest BCUT2D eigenvalue weighted by Crippen LogP contribution is 2.37. The van der Waals surface area contributed by atoms with E-state index in [1.807, 2.05) is 13.0 Å². The van der Waals surface area contributed by atoms with E-state index in [-0.39, 0.29) is 23.7 Å². The molecule has 25 heavy (non-hydrogen) atoms. The Balaban J connectivity index is 2.19. The third kappa shape index (κ3) is 4.66. The van der Waals surface area contributed by atoms with Crippen LogP contribution in [-0.4, -0.2) is 18.8 Å². The van der Waals surface area contributed by atoms with Gasteiger partial charge in [-0.1, -0.05) is 23.3 Å². The van der Waals surface area contributed by atoms with Gasteiger partial charge in [0.1, 0.15) is 23.3 Å². The first-order valence-corrected chi connectivity index (χ1v) is 8.18. The first-order chi connectivity index (χ1) is 11.9. The molecular formula is C20H24O5. The lowest BCUT2D eigenvalue weighted by Gasteiger charge is -2.10. The number of aromatic hydroxyl groups is 1. The maximum atomic E-state index is 12.1. The Kier molecular flexibility index (Phi) is 6.28. The molecule has 5 heteroatoms. The van der Waals surface area contributed by atoms with Gasteiger partial charge in [-0.15, -0.1) is 0 Å². The van der Waals surface area contributed by atoms with Gasteiger partial charge in [0.15, 0.2) is 5.75 Å². The van der Waals surface area contributed by atoms with Crippen molar-refractivity contribution in [1.29, 1.82) is 0 Å². The Morgan fingerprint density at radius 3 is 2.68 bits per heavy atom.